The van der Waals surface area contributed by atoms with Gasteiger partial charge in [0.1, 0.15) is 0 Å². The molecule has 21 heavy (non-hydrogen) atoms. The number of rotatable bonds is 5. The lowest BCUT2D eigenvalue weighted by Crippen LogP contribution is -2.37. The zero-order valence-electron chi connectivity index (χ0n) is 13.0. The molecule has 1 saturated carbocycles. The first-order valence-electron chi connectivity index (χ1n) is 7.74. The first-order chi connectivity index (χ1) is 9.86. The van der Waals surface area contributed by atoms with Gasteiger partial charge in [-0.25, -0.2) is 13.1 Å². The average Bonchev–Trinajstić information content (AvgIpc) is 2.46. The predicted octanol–water partition coefficient (Wildman–Crippen LogP) is 3.08. The summed E-state index contributed by atoms with van der Waals surface area (Å²) in [6.45, 7) is 4.68. The van der Waals surface area contributed by atoms with Crippen molar-refractivity contribution in [2.75, 3.05) is 12.3 Å². The minimum Gasteiger partial charge on any atom is -0.398 e. The summed E-state index contributed by atoms with van der Waals surface area (Å²) in [5, 5.41) is 0. The number of nitrogens with one attached hydrogen (secondary N) is 1. The molecule has 1 aromatic rings. The Morgan fingerprint density at radius 2 is 1.90 bits per heavy atom. The molecule has 0 radical (unpaired) electrons. The Bertz CT molecular complexity index is 590. The van der Waals surface area contributed by atoms with E-state index in [1.54, 1.807) is 18.2 Å². The van der Waals surface area contributed by atoms with Gasteiger partial charge in [0.05, 0.1) is 4.90 Å². The van der Waals surface area contributed by atoms with Crippen molar-refractivity contribution in [2.24, 2.45) is 5.41 Å². The van der Waals surface area contributed by atoms with E-state index in [0.717, 1.165) is 24.8 Å². The largest absolute Gasteiger partial charge is 0.398 e. The highest BCUT2D eigenvalue weighted by molar-refractivity contribution is 7.89. The van der Waals surface area contributed by atoms with Gasteiger partial charge in [0.15, 0.2) is 0 Å². The number of sulfonamides is 1. The number of hydrogen-bond acceptors (Lipinski definition) is 3. The van der Waals surface area contributed by atoms with Crippen LogP contribution in [0.1, 0.15) is 51.5 Å². The fourth-order valence-electron chi connectivity index (χ4n) is 3.00. The summed E-state index contributed by atoms with van der Waals surface area (Å²) in [6, 6.07) is 5.00. The van der Waals surface area contributed by atoms with Crippen molar-refractivity contribution in [2.45, 2.75) is 57.3 Å². The van der Waals surface area contributed by atoms with Crippen LogP contribution in [0.4, 0.5) is 5.69 Å². The third kappa shape index (κ3) is 3.98. The number of aryl methyl sites for hydroxylation is 1. The van der Waals surface area contributed by atoms with E-state index in [0.29, 0.717) is 12.2 Å². The molecular weight excluding hydrogens is 284 g/mol. The Kier molecular flexibility index (Phi) is 4.94. The van der Waals surface area contributed by atoms with Crippen molar-refractivity contribution in [3.63, 3.8) is 0 Å². The molecular formula is C16H26N2O2S. The van der Waals surface area contributed by atoms with Crippen LogP contribution in [0.5, 0.6) is 0 Å². The molecule has 0 saturated heterocycles. The van der Waals surface area contributed by atoms with Gasteiger partial charge in [-0.15, -0.1) is 0 Å². The molecule has 4 nitrogen and oxygen atoms in total. The molecule has 1 aliphatic rings. The van der Waals surface area contributed by atoms with Crippen molar-refractivity contribution in [3.05, 3.63) is 23.8 Å². The van der Waals surface area contributed by atoms with Gasteiger partial charge in [-0.1, -0.05) is 39.2 Å². The van der Waals surface area contributed by atoms with Crippen LogP contribution in [0.3, 0.4) is 0 Å². The van der Waals surface area contributed by atoms with E-state index in [1.165, 1.54) is 19.3 Å². The topological polar surface area (TPSA) is 72.2 Å². The molecule has 1 fully saturated rings. The Morgan fingerprint density at radius 3 is 2.48 bits per heavy atom. The second-order valence-electron chi connectivity index (χ2n) is 6.41. The summed E-state index contributed by atoms with van der Waals surface area (Å²) in [6.07, 6.45) is 6.63. The standard InChI is InChI=1S/C16H26N2O2S/c1-3-13-7-8-14(11-15(13)17)21(19,20)18-12-16(2)9-5-4-6-10-16/h7-8,11,18H,3-6,9-10,12,17H2,1-2H3. The normalized spacial score (nSPS) is 18.6. The monoisotopic (exact) mass is 310 g/mol. The molecule has 3 N–H and O–H groups in total. The van der Waals surface area contributed by atoms with E-state index in [1.807, 2.05) is 6.92 Å². The zero-order chi connectivity index (χ0) is 15.5. The SMILES string of the molecule is CCc1ccc(S(=O)(=O)NCC2(C)CCCCC2)cc1N. The molecule has 1 aromatic carbocycles. The quantitative estimate of drug-likeness (QED) is 0.821. The van der Waals surface area contributed by atoms with Crippen LogP contribution in [-0.4, -0.2) is 15.0 Å². The van der Waals surface area contributed by atoms with E-state index in [-0.39, 0.29) is 10.3 Å². The third-order valence-corrected chi connectivity index (χ3v) is 5.96. The predicted molar refractivity (Wildman–Crippen MR) is 86.6 cm³/mol. The third-order valence-electron chi connectivity index (χ3n) is 4.56. The molecule has 0 atom stereocenters. The van der Waals surface area contributed by atoms with Crippen molar-refractivity contribution in [1.82, 2.24) is 4.72 Å². The summed E-state index contributed by atoms with van der Waals surface area (Å²) < 4.78 is 27.6. The summed E-state index contributed by atoms with van der Waals surface area (Å²) in [5.74, 6) is 0. The molecule has 0 bridgehead atoms. The highest BCUT2D eigenvalue weighted by Gasteiger charge is 2.28. The smallest absolute Gasteiger partial charge is 0.240 e. The first-order valence-corrected chi connectivity index (χ1v) is 9.23. The Morgan fingerprint density at radius 1 is 1.24 bits per heavy atom. The van der Waals surface area contributed by atoms with E-state index in [4.69, 9.17) is 5.73 Å². The van der Waals surface area contributed by atoms with Gasteiger partial charge >= 0.3 is 0 Å². The van der Waals surface area contributed by atoms with Crippen molar-refractivity contribution in [3.8, 4) is 0 Å². The molecule has 118 valence electrons. The molecule has 0 amide bonds. The molecule has 2 rings (SSSR count). The summed E-state index contributed by atoms with van der Waals surface area (Å²) in [5.41, 5.74) is 7.51. The molecule has 0 heterocycles. The number of anilines is 1. The lowest BCUT2D eigenvalue weighted by atomic mass is 9.76. The fourth-order valence-corrected chi connectivity index (χ4v) is 4.23. The fraction of sp³-hybridized carbons (Fsp3) is 0.625. The van der Waals surface area contributed by atoms with E-state index >= 15 is 0 Å². The van der Waals surface area contributed by atoms with Crippen LogP contribution in [-0.2, 0) is 16.4 Å². The molecule has 0 spiro atoms. The average molecular weight is 310 g/mol. The number of nitrogen functional groups attached to an aromatic ring is 1. The minimum atomic E-state index is -3.48. The highest BCUT2D eigenvalue weighted by atomic mass is 32.2. The van der Waals surface area contributed by atoms with Gasteiger partial charge in [0.2, 0.25) is 10.0 Å². The maximum absolute atomic E-state index is 12.4. The molecule has 0 aliphatic heterocycles. The van der Waals surface area contributed by atoms with Crippen LogP contribution in [0, 0.1) is 5.41 Å². The second-order valence-corrected chi connectivity index (χ2v) is 8.18. The van der Waals surface area contributed by atoms with Gasteiger partial charge in [-0.05, 0) is 42.4 Å². The van der Waals surface area contributed by atoms with Crippen LogP contribution in [0.2, 0.25) is 0 Å². The lowest BCUT2D eigenvalue weighted by Gasteiger charge is -2.33. The number of benzene rings is 1. The molecule has 1 aliphatic carbocycles. The van der Waals surface area contributed by atoms with Crippen LogP contribution in [0.25, 0.3) is 0 Å². The molecule has 0 unspecified atom stereocenters. The van der Waals surface area contributed by atoms with Gasteiger partial charge in [0.25, 0.3) is 0 Å². The van der Waals surface area contributed by atoms with Crippen LogP contribution in [0.15, 0.2) is 23.1 Å². The summed E-state index contributed by atoms with van der Waals surface area (Å²) in [4.78, 5) is 0.261. The lowest BCUT2D eigenvalue weighted by molar-refractivity contribution is 0.219. The van der Waals surface area contributed by atoms with Crippen molar-refractivity contribution < 1.29 is 8.42 Å². The van der Waals surface area contributed by atoms with Crippen LogP contribution < -0.4 is 10.5 Å². The minimum absolute atomic E-state index is 0.0836. The maximum atomic E-state index is 12.4. The van der Waals surface area contributed by atoms with Gasteiger partial charge in [-0.2, -0.15) is 0 Å². The Balaban J connectivity index is 2.09. The Hall–Kier alpha value is -1.07. The van der Waals surface area contributed by atoms with Crippen molar-refractivity contribution >= 4 is 15.7 Å². The zero-order valence-corrected chi connectivity index (χ0v) is 13.8. The first kappa shape index (κ1) is 16.3. The Labute approximate surface area is 128 Å². The summed E-state index contributed by atoms with van der Waals surface area (Å²) >= 11 is 0. The number of nitrogens with two attached hydrogens (primary N) is 1. The van der Waals surface area contributed by atoms with E-state index in [2.05, 4.69) is 11.6 Å². The van der Waals surface area contributed by atoms with Crippen LogP contribution >= 0.6 is 0 Å². The van der Waals surface area contributed by atoms with Gasteiger partial charge < -0.3 is 5.73 Å². The highest BCUT2D eigenvalue weighted by Crippen LogP contribution is 2.35. The number of hydrogen-bond donors (Lipinski definition) is 2. The van der Waals surface area contributed by atoms with Gasteiger partial charge in [-0.3, -0.25) is 0 Å². The van der Waals surface area contributed by atoms with Crippen molar-refractivity contribution in [1.29, 1.82) is 0 Å². The molecule has 5 heteroatoms. The second kappa shape index (κ2) is 6.36. The van der Waals surface area contributed by atoms with E-state index in [9.17, 15) is 8.42 Å². The van der Waals surface area contributed by atoms with E-state index < -0.39 is 10.0 Å². The molecule has 0 aromatic heterocycles. The summed E-state index contributed by atoms with van der Waals surface area (Å²) in [7, 11) is -3.48. The maximum Gasteiger partial charge on any atom is 0.240 e. The van der Waals surface area contributed by atoms with Gasteiger partial charge in [0, 0.05) is 12.2 Å².